The van der Waals surface area contributed by atoms with E-state index in [-0.39, 0.29) is 12.5 Å². The third-order valence-corrected chi connectivity index (χ3v) is 3.02. The van der Waals surface area contributed by atoms with Crippen molar-refractivity contribution in [3.8, 4) is 0 Å². The van der Waals surface area contributed by atoms with Gasteiger partial charge in [0, 0.05) is 18.8 Å². The summed E-state index contributed by atoms with van der Waals surface area (Å²) in [6.45, 7) is 4.43. The zero-order valence-corrected chi connectivity index (χ0v) is 11.1. The first-order valence-corrected chi connectivity index (χ1v) is 6.55. The zero-order chi connectivity index (χ0) is 13.0. The van der Waals surface area contributed by atoms with E-state index in [1.165, 1.54) is 11.3 Å². The van der Waals surface area contributed by atoms with Crippen molar-refractivity contribution in [1.82, 2.24) is 20.0 Å². The highest BCUT2D eigenvalue weighted by atomic mass is 32.1. The summed E-state index contributed by atoms with van der Waals surface area (Å²) in [5.41, 5.74) is 0. The van der Waals surface area contributed by atoms with Crippen LogP contribution in [0.2, 0.25) is 0 Å². The van der Waals surface area contributed by atoms with Crippen molar-refractivity contribution < 1.29 is 4.79 Å². The number of carbonyl (C=O) groups is 1. The molecule has 7 heteroatoms. The number of nitrogens with one attached hydrogen (secondary N) is 1. The van der Waals surface area contributed by atoms with Gasteiger partial charge in [-0.05, 0) is 12.0 Å². The van der Waals surface area contributed by atoms with Gasteiger partial charge in [0.2, 0.25) is 11.0 Å². The number of carbonyl (C=O) groups excluding carboxylic acids is 1. The molecule has 0 aromatic carbocycles. The molecule has 2 aromatic heterocycles. The topological polar surface area (TPSA) is 72.7 Å². The van der Waals surface area contributed by atoms with Gasteiger partial charge < -0.3 is 0 Å². The third-order valence-electron chi connectivity index (χ3n) is 2.16. The van der Waals surface area contributed by atoms with Gasteiger partial charge in [-0.1, -0.05) is 25.2 Å². The minimum Gasteiger partial charge on any atom is -0.299 e. The number of amides is 1. The summed E-state index contributed by atoms with van der Waals surface area (Å²) in [5.74, 6) is 0.386. The molecular weight excluding hydrogens is 250 g/mol. The standard InChI is InChI=1S/C11H15N5OS/c1-8(2)6-10-14-15-11(18-10)13-9(17)7-16-5-3-4-12-16/h3-5,8H,6-7H2,1-2H3,(H,13,15,17). The lowest BCUT2D eigenvalue weighted by molar-refractivity contribution is -0.116. The lowest BCUT2D eigenvalue weighted by atomic mass is 10.1. The molecule has 96 valence electrons. The molecule has 18 heavy (non-hydrogen) atoms. The van der Waals surface area contributed by atoms with Gasteiger partial charge in [0.15, 0.2) is 0 Å². The molecule has 0 aliphatic rings. The average molecular weight is 265 g/mol. The van der Waals surface area contributed by atoms with Crippen LogP contribution in [0.5, 0.6) is 0 Å². The molecule has 0 unspecified atom stereocenters. The molecule has 0 aliphatic heterocycles. The molecule has 2 heterocycles. The minimum atomic E-state index is -0.147. The van der Waals surface area contributed by atoms with E-state index < -0.39 is 0 Å². The van der Waals surface area contributed by atoms with Gasteiger partial charge in [0.1, 0.15) is 11.6 Å². The van der Waals surface area contributed by atoms with Crippen LogP contribution in [0.1, 0.15) is 18.9 Å². The van der Waals surface area contributed by atoms with Gasteiger partial charge in [0.05, 0.1) is 0 Å². The number of rotatable bonds is 5. The molecule has 0 atom stereocenters. The number of aromatic nitrogens is 4. The molecule has 2 rings (SSSR count). The Morgan fingerprint density at radius 1 is 1.50 bits per heavy atom. The van der Waals surface area contributed by atoms with Crippen LogP contribution in [-0.4, -0.2) is 25.9 Å². The van der Waals surface area contributed by atoms with Crippen LogP contribution in [0, 0.1) is 5.92 Å². The smallest absolute Gasteiger partial charge is 0.247 e. The summed E-state index contributed by atoms with van der Waals surface area (Å²) in [6, 6.07) is 1.78. The van der Waals surface area contributed by atoms with Crippen molar-refractivity contribution in [2.75, 3.05) is 5.32 Å². The van der Waals surface area contributed by atoms with Crippen molar-refractivity contribution in [2.45, 2.75) is 26.8 Å². The van der Waals surface area contributed by atoms with E-state index in [4.69, 9.17) is 0 Å². The van der Waals surface area contributed by atoms with Crippen molar-refractivity contribution >= 4 is 22.4 Å². The number of hydrogen-bond acceptors (Lipinski definition) is 5. The van der Waals surface area contributed by atoms with Crippen LogP contribution in [0.25, 0.3) is 0 Å². The molecule has 1 amide bonds. The summed E-state index contributed by atoms with van der Waals surface area (Å²) in [7, 11) is 0. The summed E-state index contributed by atoms with van der Waals surface area (Å²) in [4.78, 5) is 11.7. The highest BCUT2D eigenvalue weighted by molar-refractivity contribution is 7.15. The normalized spacial score (nSPS) is 10.8. The van der Waals surface area contributed by atoms with Crippen LogP contribution >= 0.6 is 11.3 Å². The molecule has 0 spiro atoms. The maximum Gasteiger partial charge on any atom is 0.247 e. The molecule has 0 fully saturated rings. The number of hydrogen-bond donors (Lipinski definition) is 1. The number of anilines is 1. The lowest BCUT2D eigenvalue weighted by Gasteiger charge is -2.00. The molecule has 6 nitrogen and oxygen atoms in total. The SMILES string of the molecule is CC(C)Cc1nnc(NC(=O)Cn2cccn2)s1. The summed E-state index contributed by atoms with van der Waals surface area (Å²) in [6.07, 6.45) is 4.26. The van der Waals surface area contributed by atoms with Crippen LogP contribution in [0.3, 0.4) is 0 Å². The second-order valence-corrected chi connectivity index (χ2v) is 5.41. The maximum absolute atomic E-state index is 11.7. The predicted molar refractivity (Wildman–Crippen MR) is 69.3 cm³/mol. The van der Waals surface area contributed by atoms with E-state index >= 15 is 0 Å². The molecule has 1 N–H and O–H groups in total. The highest BCUT2D eigenvalue weighted by Crippen LogP contribution is 2.18. The Bertz CT molecular complexity index is 505. The fourth-order valence-electron chi connectivity index (χ4n) is 1.44. The van der Waals surface area contributed by atoms with Gasteiger partial charge in [-0.15, -0.1) is 10.2 Å². The Labute approximate surface area is 109 Å². The Balaban J connectivity index is 1.89. The number of nitrogens with zero attached hydrogens (tertiary/aromatic N) is 4. The molecule has 0 aliphatic carbocycles. The van der Waals surface area contributed by atoms with E-state index in [9.17, 15) is 4.79 Å². The van der Waals surface area contributed by atoms with Gasteiger partial charge in [-0.3, -0.25) is 14.8 Å². The zero-order valence-electron chi connectivity index (χ0n) is 10.3. The fraction of sp³-hybridized carbons (Fsp3) is 0.455. The Hall–Kier alpha value is -1.76. The van der Waals surface area contributed by atoms with Gasteiger partial charge in [0.25, 0.3) is 0 Å². The first kappa shape index (κ1) is 12.7. The monoisotopic (exact) mass is 265 g/mol. The van der Waals surface area contributed by atoms with E-state index in [0.29, 0.717) is 11.0 Å². The molecule has 2 aromatic rings. The van der Waals surface area contributed by atoms with Crippen molar-refractivity contribution in [2.24, 2.45) is 5.92 Å². The van der Waals surface area contributed by atoms with Crippen LogP contribution < -0.4 is 5.32 Å². The van der Waals surface area contributed by atoms with Crippen molar-refractivity contribution in [3.63, 3.8) is 0 Å². The van der Waals surface area contributed by atoms with E-state index in [0.717, 1.165) is 11.4 Å². The third kappa shape index (κ3) is 3.63. The minimum absolute atomic E-state index is 0.147. The summed E-state index contributed by atoms with van der Waals surface area (Å²) in [5, 5.41) is 16.2. The van der Waals surface area contributed by atoms with Crippen molar-refractivity contribution in [1.29, 1.82) is 0 Å². The molecule has 0 bridgehead atoms. The molecular formula is C11H15N5OS. The quantitative estimate of drug-likeness (QED) is 0.890. The lowest BCUT2D eigenvalue weighted by Crippen LogP contribution is -2.18. The highest BCUT2D eigenvalue weighted by Gasteiger charge is 2.09. The average Bonchev–Trinajstić information content (AvgIpc) is 2.89. The largest absolute Gasteiger partial charge is 0.299 e. The predicted octanol–water partition coefficient (Wildman–Crippen LogP) is 1.57. The second kappa shape index (κ2) is 5.72. The Morgan fingerprint density at radius 2 is 2.33 bits per heavy atom. The van der Waals surface area contributed by atoms with E-state index in [1.807, 2.05) is 0 Å². The van der Waals surface area contributed by atoms with Crippen LogP contribution in [0.15, 0.2) is 18.5 Å². The van der Waals surface area contributed by atoms with Gasteiger partial charge in [-0.25, -0.2) is 0 Å². The summed E-state index contributed by atoms with van der Waals surface area (Å²) >= 11 is 1.42. The second-order valence-electron chi connectivity index (χ2n) is 4.35. The van der Waals surface area contributed by atoms with Crippen LogP contribution in [0.4, 0.5) is 5.13 Å². The Morgan fingerprint density at radius 3 is 3.00 bits per heavy atom. The summed E-state index contributed by atoms with van der Waals surface area (Å²) < 4.78 is 1.56. The first-order valence-electron chi connectivity index (χ1n) is 5.73. The molecule has 0 radical (unpaired) electrons. The van der Waals surface area contributed by atoms with Gasteiger partial charge in [-0.2, -0.15) is 5.10 Å². The van der Waals surface area contributed by atoms with Crippen molar-refractivity contribution in [3.05, 3.63) is 23.5 Å². The van der Waals surface area contributed by atoms with Gasteiger partial charge >= 0.3 is 0 Å². The molecule has 0 saturated carbocycles. The molecule has 0 saturated heterocycles. The van der Waals surface area contributed by atoms with Crippen LogP contribution in [-0.2, 0) is 17.8 Å². The fourth-order valence-corrected chi connectivity index (χ4v) is 2.40. The Kier molecular flexibility index (Phi) is 4.03. The van der Waals surface area contributed by atoms with E-state index in [1.54, 1.807) is 23.1 Å². The first-order chi connectivity index (χ1) is 8.63. The maximum atomic E-state index is 11.7. The van der Waals surface area contributed by atoms with E-state index in [2.05, 4.69) is 34.5 Å².